The van der Waals surface area contributed by atoms with Crippen molar-refractivity contribution in [3.63, 3.8) is 0 Å². The van der Waals surface area contributed by atoms with Gasteiger partial charge in [-0.1, -0.05) is 12.1 Å². The molecule has 3 aromatic rings. The quantitative estimate of drug-likeness (QED) is 0.236. The van der Waals surface area contributed by atoms with Crippen LogP contribution in [0, 0.1) is 0 Å². The number of pyridine rings is 1. The summed E-state index contributed by atoms with van der Waals surface area (Å²) in [4.78, 5) is 45.5. The van der Waals surface area contributed by atoms with E-state index in [0.717, 1.165) is 22.6 Å². The van der Waals surface area contributed by atoms with Crippen LogP contribution in [0.4, 0.5) is 31.7 Å². The van der Waals surface area contributed by atoms with Crippen molar-refractivity contribution in [2.45, 2.75) is 95.6 Å². The number of aliphatic hydroxyl groups is 1. The maximum Gasteiger partial charge on any atom is 0.280 e. The Balaban J connectivity index is 0.939. The van der Waals surface area contributed by atoms with E-state index in [4.69, 9.17) is 4.74 Å². The summed E-state index contributed by atoms with van der Waals surface area (Å²) in [5.41, 5.74) is 2.28. The highest BCUT2D eigenvalue weighted by molar-refractivity contribution is 6.01. The highest BCUT2D eigenvalue weighted by atomic mass is 19.3. The maximum absolute atomic E-state index is 13.7. The van der Waals surface area contributed by atoms with Gasteiger partial charge in [-0.2, -0.15) is 0 Å². The van der Waals surface area contributed by atoms with Crippen molar-refractivity contribution in [2.24, 2.45) is 0 Å². The molecular weight excluding hydrogens is 684 g/mol. The third-order valence-electron chi connectivity index (χ3n) is 10.7. The Morgan fingerprint density at radius 2 is 1.75 bits per heavy atom. The Morgan fingerprint density at radius 1 is 1.02 bits per heavy atom. The lowest BCUT2D eigenvalue weighted by atomic mass is 9.87. The van der Waals surface area contributed by atoms with E-state index in [0.29, 0.717) is 82.8 Å². The molecule has 1 aromatic heterocycles. The molecule has 3 fully saturated rings. The standard InChI is InChI=1S/C39H47F2N7O5/c1-25(2)53-30-11-6-26-24-47(48(33(26)22-30)34-5-3-4-31(43-34)37(40)41)29-14-18-46(19-15-29)36(50)23-39(52)16-20-45(21-17-39)28-9-7-27(8-10-28)42-32-12-13-35(49)44-38(32)51/h3-11,22,25,29,32,37,42,52H,12-21,23-24H2,1-2H3,(H,44,49,51). The molecule has 0 spiro atoms. The molecule has 12 nitrogen and oxygen atoms in total. The topological polar surface area (TPSA) is 131 Å². The average molecular weight is 732 g/mol. The van der Waals surface area contributed by atoms with Crippen molar-refractivity contribution in [2.75, 3.05) is 41.4 Å². The Labute approximate surface area is 308 Å². The lowest BCUT2D eigenvalue weighted by molar-refractivity contribution is -0.139. The number of carbonyl (C=O) groups is 3. The number of likely N-dealkylation sites (tertiary alicyclic amines) is 1. The fourth-order valence-corrected chi connectivity index (χ4v) is 7.80. The second-order valence-corrected chi connectivity index (χ2v) is 14.8. The molecule has 0 aliphatic carbocycles. The summed E-state index contributed by atoms with van der Waals surface area (Å²) in [6, 6.07) is 17.9. The Hall–Kier alpha value is -4.82. The number of hydrogen-bond donors (Lipinski definition) is 3. The molecule has 14 heteroatoms. The summed E-state index contributed by atoms with van der Waals surface area (Å²) in [6.07, 6.45) is 0.378. The molecule has 1 atom stereocenters. The maximum atomic E-state index is 13.7. The van der Waals surface area contributed by atoms with Gasteiger partial charge < -0.3 is 25.0 Å². The number of halogens is 2. The molecule has 0 bridgehead atoms. The molecule has 5 heterocycles. The van der Waals surface area contributed by atoms with Crippen molar-refractivity contribution in [3.05, 3.63) is 71.9 Å². The van der Waals surface area contributed by atoms with Gasteiger partial charge in [0.05, 0.1) is 23.8 Å². The normalized spacial score (nSPS) is 20.9. The van der Waals surface area contributed by atoms with Gasteiger partial charge >= 0.3 is 0 Å². The average Bonchev–Trinajstić information content (AvgIpc) is 3.52. The van der Waals surface area contributed by atoms with Gasteiger partial charge in [-0.25, -0.2) is 18.8 Å². The van der Waals surface area contributed by atoms with Crippen LogP contribution in [-0.2, 0) is 20.9 Å². The summed E-state index contributed by atoms with van der Waals surface area (Å²) in [7, 11) is 0. The number of anilines is 4. The third-order valence-corrected chi connectivity index (χ3v) is 10.7. The van der Waals surface area contributed by atoms with Gasteiger partial charge in [0.25, 0.3) is 6.43 Å². The molecule has 1 unspecified atom stereocenters. The minimum Gasteiger partial charge on any atom is -0.491 e. The molecule has 3 amide bonds. The van der Waals surface area contributed by atoms with Crippen LogP contribution in [0.3, 0.4) is 0 Å². The number of ether oxygens (including phenoxy) is 1. The van der Waals surface area contributed by atoms with Crippen molar-refractivity contribution >= 4 is 40.6 Å². The van der Waals surface area contributed by atoms with E-state index in [-0.39, 0.29) is 42.0 Å². The summed E-state index contributed by atoms with van der Waals surface area (Å²) < 4.78 is 33.4. The Morgan fingerprint density at radius 3 is 2.43 bits per heavy atom. The Kier molecular flexibility index (Phi) is 10.5. The van der Waals surface area contributed by atoms with Gasteiger partial charge in [-0.05, 0) is 94.0 Å². The first-order chi connectivity index (χ1) is 25.4. The largest absolute Gasteiger partial charge is 0.491 e. The fourth-order valence-electron chi connectivity index (χ4n) is 7.80. The monoisotopic (exact) mass is 731 g/mol. The number of piperidine rings is 3. The zero-order chi connectivity index (χ0) is 37.3. The molecule has 282 valence electrons. The van der Waals surface area contributed by atoms with E-state index in [1.165, 1.54) is 6.07 Å². The highest BCUT2D eigenvalue weighted by Crippen LogP contribution is 2.42. The molecule has 53 heavy (non-hydrogen) atoms. The summed E-state index contributed by atoms with van der Waals surface area (Å²) in [5, 5.41) is 21.1. The molecule has 0 saturated carbocycles. The first kappa shape index (κ1) is 36.5. The molecule has 4 aliphatic rings. The van der Waals surface area contributed by atoms with E-state index in [1.807, 2.05) is 66.2 Å². The van der Waals surface area contributed by atoms with Crippen LogP contribution in [0.15, 0.2) is 60.7 Å². The number of carbonyl (C=O) groups excluding carboxylic acids is 3. The first-order valence-corrected chi connectivity index (χ1v) is 18.5. The number of alkyl halides is 2. The predicted molar refractivity (Wildman–Crippen MR) is 196 cm³/mol. The van der Waals surface area contributed by atoms with Gasteiger partial charge in [0, 0.05) is 62.6 Å². The molecule has 2 aromatic carbocycles. The third kappa shape index (κ3) is 8.23. The minimum atomic E-state index is -2.69. The number of benzene rings is 2. The van der Waals surface area contributed by atoms with Crippen LogP contribution in [-0.4, -0.2) is 87.7 Å². The molecule has 3 saturated heterocycles. The zero-order valence-electron chi connectivity index (χ0n) is 30.1. The van der Waals surface area contributed by atoms with Gasteiger partial charge in [0.1, 0.15) is 23.3 Å². The Bertz CT molecular complexity index is 1810. The SMILES string of the molecule is CC(C)Oc1ccc2c(c1)N(c1cccc(C(F)F)n1)N(C1CCN(C(=O)CC3(O)CCN(c4ccc(NC5CCC(=O)NC5=O)cc4)CC3)CC1)C2. The molecule has 4 aliphatic heterocycles. The lowest BCUT2D eigenvalue weighted by Gasteiger charge is -2.42. The van der Waals surface area contributed by atoms with Crippen molar-refractivity contribution in [3.8, 4) is 5.75 Å². The number of nitrogens with zero attached hydrogens (tertiary/aromatic N) is 5. The molecule has 0 radical (unpaired) electrons. The van der Waals surface area contributed by atoms with Crippen LogP contribution in [0.1, 0.15) is 76.5 Å². The second-order valence-electron chi connectivity index (χ2n) is 14.8. The highest BCUT2D eigenvalue weighted by Gasteiger charge is 2.40. The molecule has 3 N–H and O–H groups in total. The summed E-state index contributed by atoms with van der Waals surface area (Å²) in [5.74, 6) is 0.475. The predicted octanol–water partition coefficient (Wildman–Crippen LogP) is 5.30. The van der Waals surface area contributed by atoms with Crippen molar-refractivity contribution in [1.82, 2.24) is 20.2 Å². The number of rotatable bonds is 10. The van der Waals surface area contributed by atoms with Crippen LogP contribution in [0.2, 0.25) is 0 Å². The van der Waals surface area contributed by atoms with Crippen molar-refractivity contribution < 1.29 is 33.0 Å². The molecular formula is C39H47F2N7O5. The smallest absolute Gasteiger partial charge is 0.280 e. The fraction of sp³-hybridized carbons (Fsp3) is 0.487. The summed E-state index contributed by atoms with van der Waals surface area (Å²) in [6.45, 7) is 6.73. The van der Waals surface area contributed by atoms with Crippen LogP contribution in [0.5, 0.6) is 5.75 Å². The minimum absolute atomic E-state index is 0.0260. The van der Waals surface area contributed by atoms with Gasteiger partial charge in [-0.15, -0.1) is 0 Å². The van der Waals surface area contributed by atoms with E-state index < -0.39 is 18.1 Å². The van der Waals surface area contributed by atoms with Gasteiger partial charge in [-0.3, -0.25) is 24.7 Å². The van der Waals surface area contributed by atoms with Crippen LogP contribution < -0.4 is 25.3 Å². The first-order valence-electron chi connectivity index (χ1n) is 18.5. The number of aromatic nitrogens is 1. The number of hydrazine groups is 1. The molecule has 7 rings (SSSR count). The van der Waals surface area contributed by atoms with Crippen LogP contribution in [0.25, 0.3) is 0 Å². The van der Waals surface area contributed by atoms with Gasteiger partial charge in [0.15, 0.2) is 0 Å². The van der Waals surface area contributed by atoms with E-state index in [2.05, 4.69) is 25.5 Å². The van der Waals surface area contributed by atoms with Crippen molar-refractivity contribution in [1.29, 1.82) is 0 Å². The second kappa shape index (κ2) is 15.3. The number of nitrogens with one attached hydrogen (secondary N) is 2. The zero-order valence-corrected chi connectivity index (χ0v) is 30.1. The lowest BCUT2D eigenvalue weighted by Crippen LogP contribution is -2.52. The number of imide groups is 1. The van der Waals surface area contributed by atoms with Crippen LogP contribution >= 0.6 is 0 Å². The number of fused-ring (bicyclic) bond motifs is 1. The van der Waals surface area contributed by atoms with Gasteiger partial charge in [0.2, 0.25) is 17.7 Å². The van der Waals surface area contributed by atoms with E-state index in [9.17, 15) is 28.3 Å². The van der Waals surface area contributed by atoms with E-state index in [1.54, 1.807) is 12.1 Å². The number of amides is 3. The number of hydrogen-bond acceptors (Lipinski definition) is 10. The van der Waals surface area contributed by atoms with E-state index >= 15 is 0 Å². The summed E-state index contributed by atoms with van der Waals surface area (Å²) >= 11 is 0.